The summed E-state index contributed by atoms with van der Waals surface area (Å²) in [5.74, 6) is -1.95. The number of amides is 1. The lowest BCUT2D eigenvalue weighted by molar-refractivity contribution is -0.146. The highest BCUT2D eigenvalue weighted by molar-refractivity contribution is 6.05. The van der Waals surface area contributed by atoms with Crippen LogP contribution >= 0.6 is 0 Å². The summed E-state index contributed by atoms with van der Waals surface area (Å²) < 4.78 is 38.6. The van der Waals surface area contributed by atoms with Crippen molar-refractivity contribution < 1.29 is 29.3 Å². The van der Waals surface area contributed by atoms with E-state index in [1.54, 1.807) is 30.3 Å². The first-order valence-electron chi connectivity index (χ1n) is 11.3. The van der Waals surface area contributed by atoms with Crippen molar-refractivity contribution in [3.8, 4) is 16.9 Å². The van der Waals surface area contributed by atoms with Crippen LogP contribution in [-0.4, -0.2) is 50.1 Å². The third-order valence-electron chi connectivity index (χ3n) is 5.30. The smallest absolute Gasteiger partial charge is 0.344 e. The fourth-order valence-corrected chi connectivity index (χ4v) is 3.27. The predicted octanol–water partition coefficient (Wildman–Crippen LogP) is 5.39. The van der Waals surface area contributed by atoms with Gasteiger partial charge in [-0.1, -0.05) is 31.2 Å². The van der Waals surface area contributed by atoms with Crippen LogP contribution in [0.4, 0.5) is 14.5 Å². The van der Waals surface area contributed by atoms with E-state index >= 15 is 0 Å². The molecule has 6 nitrogen and oxygen atoms in total. The zero-order valence-corrected chi connectivity index (χ0v) is 19.7. The number of benzene rings is 3. The molecular weight excluding hydrogens is 454 g/mol. The van der Waals surface area contributed by atoms with Crippen LogP contribution in [0.2, 0.25) is 0 Å². The molecule has 0 unspecified atom stereocenters. The van der Waals surface area contributed by atoms with E-state index in [4.69, 9.17) is 9.47 Å². The normalized spacial score (nSPS) is 10.8. The van der Waals surface area contributed by atoms with Crippen LogP contribution in [-0.2, 0) is 9.53 Å². The van der Waals surface area contributed by atoms with Gasteiger partial charge in [0.15, 0.2) is 6.61 Å². The molecule has 8 heteroatoms. The Kier molecular flexibility index (Phi) is 9.31. The molecule has 3 aromatic carbocycles. The summed E-state index contributed by atoms with van der Waals surface area (Å²) in [6, 6.07) is 16.3. The fourth-order valence-electron chi connectivity index (χ4n) is 3.27. The summed E-state index contributed by atoms with van der Waals surface area (Å²) in [7, 11) is 1.99. The molecule has 0 aromatic heterocycles. The van der Waals surface area contributed by atoms with Crippen molar-refractivity contribution in [1.82, 2.24) is 4.90 Å². The minimum absolute atomic E-state index is 0. The Morgan fingerprint density at radius 1 is 1.00 bits per heavy atom. The van der Waals surface area contributed by atoms with Crippen molar-refractivity contribution in [1.29, 1.82) is 0 Å². The monoisotopic (exact) mass is 484 g/mol. The minimum Gasteiger partial charge on any atom is -0.482 e. The van der Waals surface area contributed by atoms with Gasteiger partial charge in [-0.3, -0.25) is 4.79 Å². The molecule has 3 aromatic rings. The Labute approximate surface area is 205 Å². The van der Waals surface area contributed by atoms with Crippen molar-refractivity contribution in [2.75, 3.05) is 38.7 Å². The molecule has 1 amide bonds. The second-order valence-electron chi connectivity index (χ2n) is 7.95. The number of nitrogens with zero attached hydrogens (tertiary/aromatic N) is 1. The van der Waals surface area contributed by atoms with E-state index in [0.717, 1.165) is 19.5 Å². The Bertz CT molecular complexity index is 1180. The average Bonchev–Trinajstić information content (AvgIpc) is 2.85. The molecule has 3 rings (SSSR count). The Balaban J connectivity index is 0.00000456. The maximum Gasteiger partial charge on any atom is 0.344 e. The number of hydrogen-bond acceptors (Lipinski definition) is 5. The van der Waals surface area contributed by atoms with Gasteiger partial charge in [-0.2, -0.15) is 0 Å². The summed E-state index contributed by atoms with van der Waals surface area (Å²) in [6.45, 7) is 3.85. The summed E-state index contributed by atoms with van der Waals surface area (Å²) in [5, 5.41) is 2.62. The molecule has 0 fully saturated rings. The van der Waals surface area contributed by atoms with Crippen molar-refractivity contribution in [3.05, 3.63) is 83.9 Å². The zero-order chi connectivity index (χ0) is 25.2. The Morgan fingerprint density at radius 3 is 2.54 bits per heavy atom. The molecule has 0 aliphatic carbocycles. The highest BCUT2D eigenvalue weighted by Crippen LogP contribution is 2.24. The molecule has 0 spiro atoms. The summed E-state index contributed by atoms with van der Waals surface area (Å²) >= 11 is 0. The number of anilines is 1. The number of carbonyl (C=O) groups excluding carboxylic acids is 2. The molecule has 1 N–H and O–H groups in total. The van der Waals surface area contributed by atoms with E-state index in [0.29, 0.717) is 29.2 Å². The van der Waals surface area contributed by atoms with Crippen LogP contribution in [0, 0.1) is 11.6 Å². The maximum atomic E-state index is 14.4. The number of carbonyl (C=O) groups is 2. The van der Waals surface area contributed by atoms with Crippen molar-refractivity contribution in [2.24, 2.45) is 0 Å². The molecule has 0 atom stereocenters. The van der Waals surface area contributed by atoms with Gasteiger partial charge in [0, 0.05) is 19.7 Å². The van der Waals surface area contributed by atoms with Crippen LogP contribution in [0.3, 0.4) is 0 Å². The third kappa shape index (κ3) is 7.89. The number of hydrogen-bond donors (Lipinski definition) is 1. The minimum atomic E-state index is -0.706. The first-order valence-corrected chi connectivity index (χ1v) is 11.3. The number of nitrogens with one attached hydrogen (secondary N) is 1. The lowest BCUT2D eigenvalue weighted by Crippen LogP contribution is -2.22. The molecule has 186 valence electrons. The average molecular weight is 485 g/mol. The molecule has 0 radical (unpaired) electrons. The first kappa shape index (κ1) is 25.8. The topological polar surface area (TPSA) is 67.9 Å². The van der Waals surface area contributed by atoms with Crippen LogP contribution in [0.5, 0.6) is 5.75 Å². The summed E-state index contributed by atoms with van der Waals surface area (Å²) in [5.41, 5.74) is 1.21. The van der Waals surface area contributed by atoms with E-state index in [-0.39, 0.29) is 13.6 Å². The van der Waals surface area contributed by atoms with E-state index < -0.39 is 23.5 Å². The number of esters is 1. The van der Waals surface area contributed by atoms with E-state index in [1.165, 1.54) is 36.4 Å². The van der Waals surface area contributed by atoms with Gasteiger partial charge in [0.2, 0.25) is 0 Å². The Hall–Kier alpha value is -3.78. The molecule has 0 aliphatic heterocycles. The van der Waals surface area contributed by atoms with Gasteiger partial charge >= 0.3 is 5.97 Å². The highest BCUT2D eigenvalue weighted by atomic mass is 19.1. The Morgan fingerprint density at radius 2 is 1.77 bits per heavy atom. The van der Waals surface area contributed by atoms with Crippen molar-refractivity contribution >= 4 is 17.6 Å². The second-order valence-corrected chi connectivity index (χ2v) is 7.95. The van der Waals surface area contributed by atoms with Gasteiger partial charge < -0.3 is 19.7 Å². The predicted molar refractivity (Wildman–Crippen MR) is 133 cm³/mol. The van der Waals surface area contributed by atoms with Crippen LogP contribution in [0.15, 0.2) is 66.7 Å². The molecule has 35 heavy (non-hydrogen) atoms. The van der Waals surface area contributed by atoms with Crippen LogP contribution < -0.4 is 10.1 Å². The number of halogens is 2. The van der Waals surface area contributed by atoms with Crippen LogP contribution in [0.25, 0.3) is 11.1 Å². The number of ether oxygens (including phenoxy) is 2. The molecule has 0 heterocycles. The van der Waals surface area contributed by atoms with Gasteiger partial charge in [0.1, 0.15) is 17.4 Å². The molecule has 0 saturated heterocycles. The van der Waals surface area contributed by atoms with Gasteiger partial charge in [-0.05, 0) is 67.5 Å². The van der Waals surface area contributed by atoms with Crippen molar-refractivity contribution in [2.45, 2.75) is 13.3 Å². The SMILES string of the molecule is CCN(C)CCCOC(=O)COc1cccc(NC(=O)c2cc(-c3cccc(F)c3)ccc2F)c1.[HH]. The van der Waals surface area contributed by atoms with Crippen LogP contribution in [0.1, 0.15) is 25.1 Å². The largest absolute Gasteiger partial charge is 0.482 e. The van der Waals surface area contributed by atoms with Gasteiger partial charge in [-0.15, -0.1) is 0 Å². The molecule has 0 aliphatic rings. The van der Waals surface area contributed by atoms with E-state index in [9.17, 15) is 18.4 Å². The summed E-state index contributed by atoms with van der Waals surface area (Å²) in [4.78, 5) is 26.7. The quantitative estimate of drug-likeness (QED) is 0.292. The molecular formula is C27H30F2N2O4. The second kappa shape index (κ2) is 12.6. The lowest BCUT2D eigenvalue weighted by atomic mass is 10.0. The standard InChI is InChI=1S/C27H28F2N2O4.H2/c1-3-31(2)13-6-14-34-26(32)18-35-23-10-5-9-22(17-23)30-27(33)24-16-20(11-12-25(24)29)19-7-4-8-21(28)15-19;/h4-5,7-12,15-17H,3,6,13-14,18H2,1-2H3,(H,30,33);1H. The highest BCUT2D eigenvalue weighted by Gasteiger charge is 2.14. The molecule has 0 bridgehead atoms. The number of rotatable bonds is 11. The first-order chi connectivity index (χ1) is 16.9. The maximum absolute atomic E-state index is 14.4. The third-order valence-corrected chi connectivity index (χ3v) is 5.30. The lowest BCUT2D eigenvalue weighted by Gasteiger charge is -2.13. The molecule has 0 saturated carbocycles. The van der Waals surface area contributed by atoms with Gasteiger partial charge in [-0.25, -0.2) is 13.6 Å². The van der Waals surface area contributed by atoms with E-state index in [1.807, 2.05) is 7.05 Å². The van der Waals surface area contributed by atoms with Gasteiger partial charge in [0.05, 0.1) is 12.2 Å². The summed E-state index contributed by atoms with van der Waals surface area (Å²) in [6.07, 6.45) is 0.731. The zero-order valence-electron chi connectivity index (χ0n) is 19.7. The van der Waals surface area contributed by atoms with Gasteiger partial charge in [0.25, 0.3) is 5.91 Å². The fraction of sp³-hybridized carbons (Fsp3) is 0.259. The van der Waals surface area contributed by atoms with E-state index in [2.05, 4.69) is 17.1 Å². The van der Waals surface area contributed by atoms with Crippen molar-refractivity contribution in [3.63, 3.8) is 0 Å².